The van der Waals surface area contributed by atoms with Crippen LogP contribution in [0.15, 0.2) is 59.0 Å². The average molecular weight is 532 g/mol. The number of carbonyl (C=O) groups is 1. The molecule has 1 aliphatic heterocycles. The Hall–Kier alpha value is -4.35. The van der Waals surface area contributed by atoms with Gasteiger partial charge >= 0.3 is 0 Å². The zero-order chi connectivity index (χ0) is 26.8. The van der Waals surface area contributed by atoms with Gasteiger partial charge in [0.2, 0.25) is 5.89 Å². The van der Waals surface area contributed by atoms with Crippen molar-refractivity contribution < 1.29 is 18.9 Å². The monoisotopic (exact) mass is 531 g/mol. The number of nitro benzene ring substituents is 1. The van der Waals surface area contributed by atoms with Crippen LogP contribution in [0.1, 0.15) is 21.5 Å². The van der Waals surface area contributed by atoms with Crippen LogP contribution in [0, 0.1) is 24.0 Å². The molecule has 194 valence electrons. The van der Waals surface area contributed by atoms with Gasteiger partial charge in [-0.1, -0.05) is 0 Å². The zero-order valence-corrected chi connectivity index (χ0v) is 21.6. The number of carbonyl (C=O) groups excluding carboxylic acids is 1. The van der Waals surface area contributed by atoms with E-state index in [1.807, 2.05) is 43.0 Å². The Morgan fingerprint density at radius 1 is 1.05 bits per heavy atom. The Bertz CT molecular complexity index is 1500. The summed E-state index contributed by atoms with van der Waals surface area (Å²) in [6.45, 7) is 6.15. The molecule has 1 aliphatic rings. The number of aryl methyl sites for hydroxylation is 2. The van der Waals surface area contributed by atoms with Gasteiger partial charge in [0.15, 0.2) is 10.7 Å². The van der Waals surface area contributed by atoms with Gasteiger partial charge in [-0.3, -0.25) is 20.2 Å². The molecule has 1 amide bonds. The van der Waals surface area contributed by atoms with E-state index in [-0.39, 0.29) is 16.4 Å². The molecule has 1 aromatic heterocycles. The zero-order valence-electron chi connectivity index (χ0n) is 20.8. The van der Waals surface area contributed by atoms with Gasteiger partial charge in [0.25, 0.3) is 11.6 Å². The van der Waals surface area contributed by atoms with Gasteiger partial charge in [-0.2, -0.15) is 0 Å². The van der Waals surface area contributed by atoms with Crippen LogP contribution in [0.4, 0.5) is 17.1 Å². The SMILES string of the molecule is Cc1cc2nc(-c3ccc(NC(=S)NC(=O)c4ccc(N5CCOCC5)c([N+](=O)[O-])c4)cc3)oc2cc1C. The van der Waals surface area contributed by atoms with Gasteiger partial charge in [0, 0.05) is 36.0 Å². The molecular formula is C27H25N5O5S. The summed E-state index contributed by atoms with van der Waals surface area (Å²) in [7, 11) is 0. The third-order valence-corrected chi connectivity index (χ3v) is 6.61. The number of aromatic nitrogens is 1. The lowest BCUT2D eigenvalue weighted by Crippen LogP contribution is -2.37. The van der Waals surface area contributed by atoms with Gasteiger partial charge in [-0.25, -0.2) is 4.98 Å². The van der Waals surface area contributed by atoms with Crippen LogP contribution in [0.3, 0.4) is 0 Å². The Kier molecular flexibility index (Phi) is 7.03. The standard InChI is InChI=1S/C27H25N5O5S/c1-16-13-21-24(14-17(16)2)37-26(29-21)18-3-6-20(7-4-18)28-27(38)30-25(33)19-5-8-22(23(15-19)32(34)35)31-9-11-36-12-10-31/h3-8,13-15H,9-12H2,1-2H3,(H2,28,30,33,38). The Labute approximate surface area is 223 Å². The van der Waals surface area contributed by atoms with Crippen molar-refractivity contribution in [2.75, 3.05) is 36.5 Å². The van der Waals surface area contributed by atoms with Gasteiger partial charge in [0.1, 0.15) is 11.2 Å². The van der Waals surface area contributed by atoms with E-state index in [4.69, 9.17) is 21.4 Å². The predicted molar refractivity (Wildman–Crippen MR) is 149 cm³/mol. The Morgan fingerprint density at radius 2 is 1.76 bits per heavy atom. The number of morpholine rings is 1. The minimum absolute atomic E-state index is 0.0653. The normalized spacial score (nSPS) is 13.4. The molecule has 38 heavy (non-hydrogen) atoms. The van der Waals surface area contributed by atoms with E-state index in [1.165, 1.54) is 6.07 Å². The number of hydrogen-bond donors (Lipinski definition) is 2. The molecule has 0 atom stereocenters. The van der Waals surface area contributed by atoms with E-state index >= 15 is 0 Å². The van der Waals surface area contributed by atoms with Gasteiger partial charge in [-0.15, -0.1) is 0 Å². The lowest BCUT2D eigenvalue weighted by molar-refractivity contribution is -0.384. The first kappa shape index (κ1) is 25.3. The van der Waals surface area contributed by atoms with E-state index in [9.17, 15) is 14.9 Å². The molecule has 1 saturated heterocycles. The molecule has 5 rings (SSSR count). The van der Waals surface area contributed by atoms with E-state index < -0.39 is 10.8 Å². The van der Waals surface area contributed by atoms with Crippen LogP contribution in [-0.2, 0) is 4.74 Å². The minimum atomic E-state index is -0.548. The first-order valence-corrected chi connectivity index (χ1v) is 12.4. The second kappa shape index (κ2) is 10.6. The van der Waals surface area contributed by atoms with Crippen LogP contribution in [0.5, 0.6) is 0 Å². The molecule has 2 N–H and O–H groups in total. The fourth-order valence-corrected chi connectivity index (χ4v) is 4.43. The molecule has 2 heterocycles. The number of oxazole rings is 1. The number of anilines is 2. The van der Waals surface area contributed by atoms with Crippen molar-refractivity contribution in [1.29, 1.82) is 0 Å². The van der Waals surface area contributed by atoms with Crippen molar-refractivity contribution in [3.05, 3.63) is 81.4 Å². The number of amides is 1. The summed E-state index contributed by atoms with van der Waals surface area (Å²) in [4.78, 5) is 30.4. The second-order valence-corrected chi connectivity index (χ2v) is 9.38. The van der Waals surface area contributed by atoms with Crippen molar-refractivity contribution >= 4 is 51.4 Å². The molecule has 10 nitrogen and oxygen atoms in total. The molecule has 3 aromatic carbocycles. The largest absolute Gasteiger partial charge is 0.436 e. The van der Waals surface area contributed by atoms with Gasteiger partial charge < -0.3 is 19.4 Å². The van der Waals surface area contributed by atoms with Crippen LogP contribution < -0.4 is 15.5 Å². The molecule has 0 radical (unpaired) electrons. The number of thiocarbonyl (C=S) groups is 1. The number of nitro groups is 1. The summed E-state index contributed by atoms with van der Waals surface area (Å²) >= 11 is 5.29. The Balaban J connectivity index is 1.25. The van der Waals surface area contributed by atoms with E-state index in [0.717, 1.165) is 27.8 Å². The van der Waals surface area contributed by atoms with Crippen molar-refractivity contribution in [2.24, 2.45) is 0 Å². The maximum absolute atomic E-state index is 12.8. The number of rotatable bonds is 5. The summed E-state index contributed by atoms with van der Waals surface area (Å²) in [5, 5.41) is 17.3. The fourth-order valence-electron chi connectivity index (χ4n) is 4.22. The number of hydrogen-bond acceptors (Lipinski definition) is 8. The molecule has 1 fully saturated rings. The van der Waals surface area contributed by atoms with Gasteiger partial charge in [-0.05, 0) is 85.7 Å². The lowest BCUT2D eigenvalue weighted by Gasteiger charge is -2.28. The Morgan fingerprint density at radius 3 is 2.47 bits per heavy atom. The topological polar surface area (TPSA) is 123 Å². The number of benzene rings is 3. The maximum atomic E-state index is 12.8. The van der Waals surface area contributed by atoms with Gasteiger partial charge in [0.05, 0.1) is 18.1 Å². The van der Waals surface area contributed by atoms with Crippen molar-refractivity contribution in [2.45, 2.75) is 13.8 Å². The summed E-state index contributed by atoms with van der Waals surface area (Å²) in [6, 6.07) is 15.6. The number of nitrogens with one attached hydrogen (secondary N) is 2. The number of fused-ring (bicyclic) bond motifs is 1. The molecular weight excluding hydrogens is 506 g/mol. The van der Waals surface area contributed by atoms with Crippen molar-refractivity contribution in [3.8, 4) is 11.5 Å². The summed E-state index contributed by atoms with van der Waals surface area (Å²) in [5.41, 5.74) is 5.71. The fraction of sp³-hybridized carbons (Fsp3) is 0.222. The smallest absolute Gasteiger partial charge is 0.293 e. The second-order valence-electron chi connectivity index (χ2n) is 8.97. The van der Waals surface area contributed by atoms with E-state index in [2.05, 4.69) is 15.6 Å². The van der Waals surface area contributed by atoms with Crippen molar-refractivity contribution in [1.82, 2.24) is 10.3 Å². The van der Waals surface area contributed by atoms with E-state index in [1.54, 1.807) is 24.3 Å². The minimum Gasteiger partial charge on any atom is -0.436 e. The molecule has 4 aromatic rings. The highest BCUT2D eigenvalue weighted by atomic mass is 32.1. The highest BCUT2D eigenvalue weighted by Crippen LogP contribution is 2.30. The molecule has 0 aliphatic carbocycles. The molecule has 11 heteroatoms. The summed E-state index contributed by atoms with van der Waals surface area (Å²) in [5.74, 6) is -0.0395. The third kappa shape index (κ3) is 5.34. The third-order valence-electron chi connectivity index (χ3n) is 6.41. The lowest BCUT2D eigenvalue weighted by atomic mass is 10.1. The van der Waals surface area contributed by atoms with Crippen molar-refractivity contribution in [3.63, 3.8) is 0 Å². The molecule has 0 unspecified atom stereocenters. The van der Waals surface area contributed by atoms with Crippen LogP contribution >= 0.6 is 12.2 Å². The number of nitrogens with zero attached hydrogens (tertiary/aromatic N) is 3. The number of ether oxygens (including phenoxy) is 1. The summed E-state index contributed by atoms with van der Waals surface area (Å²) in [6.07, 6.45) is 0. The average Bonchev–Trinajstić information content (AvgIpc) is 3.32. The predicted octanol–water partition coefficient (Wildman–Crippen LogP) is 4.98. The van der Waals surface area contributed by atoms with Crippen LogP contribution in [0.2, 0.25) is 0 Å². The highest BCUT2D eigenvalue weighted by Gasteiger charge is 2.23. The van der Waals surface area contributed by atoms with Crippen LogP contribution in [-0.4, -0.2) is 47.2 Å². The van der Waals surface area contributed by atoms with E-state index in [0.29, 0.717) is 43.6 Å². The quantitative estimate of drug-likeness (QED) is 0.208. The maximum Gasteiger partial charge on any atom is 0.293 e. The highest BCUT2D eigenvalue weighted by molar-refractivity contribution is 7.80. The first-order valence-electron chi connectivity index (χ1n) is 12.0. The van der Waals surface area contributed by atoms with Crippen LogP contribution in [0.25, 0.3) is 22.6 Å². The summed E-state index contributed by atoms with van der Waals surface area (Å²) < 4.78 is 11.2. The molecule has 0 saturated carbocycles. The molecule has 0 bridgehead atoms. The first-order chi connectivity index (χ1) is 18.3. The molecule has 0 spiro atoms.